The number of H-pyrrole nitrogens is 4. The Labute approximate surface area is 632 Å². The quantitative estimate of drug-likeness (QED) is 0.00684. The molecule has 6 aromatic heterocycles. The fraction of sp³-hybridized carbons (Fsp3) is 0.382. The zero-order valence-electron chi connectivity index (χ0n) is 59.2. The summed E-state index contributed by atoms with van der Waals surface area (Å²) in [7, 11) is 2.52. The Balaban J connectivity index is 0.000000320. The molecule has 0 aliphatic heterocycles. The van der Waals surface area contributed by atoms with Crippen LogP contribution in [0.4, 0.5) is 5.82 Å². The first-order chi connectivity index (χ1) is 49.9. The van der Waals surface area contributed by atoms with Gasteiger partial charge in [0.25, 0.3) is 5.56 Å². The average molecular weight is 1550 g/mol. The Morgan fingerprint density at radius 2 is 1.07 bits per heavy atom. The van der Waals surface area contributed by atoms with Crippen molar-refractivity contribution in [3.05, 3.63) is 202 Å². The van der Waals surface area contributed by atoms with Crippen molar-refractivity contribution in [2.45, 2.75) is 136 Å². The van der Waals surface area contributed by atoms with Gasteiger partial charge < -0.3 is 85.0 Å². The molecule has 10 aromatic rings. The van der Waals surface area contributed by atoms with Crippen LogP contribution in [0.15, 0.2) is 163 Å². The highest BCUT2D eigenvalue weighted by molar-refractivity contribution is 9.09. The number of nitrogens with one attached hydrogen (secondary N) is 6. The van der Waals surface area contributed by atoms with Gasteiger partial charge >= 0.3 is 24.5 Å². The molecule has 2 fully saturated rings. The Morgan fingerprint density at radius 3 is 1.50 bits per heavy atom. The number of anilines is 1. The van der Waals surface area contributed by atoms with Crippen molar-refractivity contribution in [2.75, 3.05) is 57.8 Å². The first-order valence-corrected chi connectivity index (χ1v) is 35.2. The smallest absolute Gasteiger partial charge is 0.390 e. The number of halogens is 3. The number of hydrogen-bond acceptors (Lipinski definition) is 19. The van der Waals surface area contributed by atoms with Crippen LogP contribution in [0.1, 0.15) is 98.5 Å². The highest BCUT2D eigenvalue weighted by atomic mass is 79.9. The number of benzene rings is 4. The molecule has 1 unspecified atom stereocenters. The fourth-order valence-electron chi connectivity index (χ4n) is 9.92. The van der Waals surface area contributed by atoms with Crippen LogP contribution in [-0.4, -0.2) is 168 Å². The maximum Gasteiger partial charge on any atom is 0.390 e. The number of nitrogen functional groups attached to an aromatic ring is 1. The number of rotatable bonds is 19. The summed E-state index contributed by atoms with van der Waals surface area (Å²) in [6, 6.07) is 44.0. The molecule has 0 bridgehead atoms. The van der Waals surface area contributed by atoms with E-state index in [2.05, 4.69) is 80.3 Å². The van der Waals surface area contributed by atoms with E-state index in [0.29, 0.717) is 66.3 Å². The second-order valence-electron chi connectivity index (χ2n) is 22.6. The number of esters is 2. The highest BCUT2D eigenvalue weighted by Gasteiger charge is 2.29. The Hall–Kier alpha value is -9.49. The lowest BCUT2D eigenvalue weighted by Gasteiger charge is -2.26. The number of carbonyl (C=O) groups is 2. The molecule has 0 spiro atoms. The molecule has 6 heterocycles. The van der Waals surface area contributed by atoms with E-state index in [-0.39, 0.29) is 62.7 Å². The standard InChI is InChI=1S/C18H20N4O.C12H8ClN3.C12H9N3O.C10H17NO4.C7H8N2.C6H13BrO2.C6H13NO.C4H5NO2.CH4.ClH/c23-14-8-6-13(7-9-14)20-18-15-10-11-19-17(15)21-16(22-18)12-4-2-1-3-5-12;13-10-9-6-7-14-12(9)16-11(15-10)8-4-2-1-3-5-8;16-12-9-6-7-13-11(9)14-10(15-12)8-4-2-1-3-5-8;1-5-14-9(15-6-2)7-8(11-3)10(12)13-4;8-7(9)6-4-2-1-3-5-6;1-3-8-6(5-7)9-4-2;7-5-1-3-6(8)4-2-5;1-5-3-4(6)7-2;;/h1-5,10-11,13-14,23H,6-9H2,(H2,19,20,21,22);1-7H,(H,14,15,16);1-7H,(H2,13,14,15,16);8-9H,5-7H2,1-2,4H3;1-5H,(H3,8,9);6H,3-5H2,1-2H3;5-6,8H,1-4,7H2;3H2,2H3;1H4;1H. The maximum atomic E-state index is 11.7. The van der Waals surface area contributed by atoms with E-state index >= 15 is 0 Å². The first kappa shape index (κ1) is 89.7. The summed E-state index contributed by atoms with van der Waals surface area (Å²) in [5.41, 5.74) is 16.5. The topological polar surface area (TPSA) is 371 Å². The van der Waals surface area contributed by atoms with Crippen LogP contribution in [0.5, 0.6) is 0 Å². The summed E-state index contributed by atoms with van der Waals surface area (Å²) in [6.07, 6.45) is 12.3. The normalized spacial score (nSPS) is 14.9. The van der Waals surface area contributed by atoms with Gasteiger partial charge in [0.1, 0.15) is 39.6 Å². The third-order valence-corrected chi connectivity index (χ3v) is 16.0. The highest BCUT2D eigenvalue weighted by Crippen LogP contribution is 2.29. The van der Waals surface area contributed by atoms with Crippen LogP contribution in [0, 0.1) is 18.6 Å². The second kappa shape index (κ2) is 50.8. The molecule has 2 aliphatic carbocycles. The van der Waals surface area contributed by atoms with Crippen LogP contribution in [0.25, 0.3) is 77.0 Å². The molecule has 0 radical (unpaired) electrons. The van der Waals surface area contributed by atoms with Gasteiger partial charge in [-0.05, 0) is 97.3 Å². The van der Waals surface area contributed by atoms with E-state index in [9.17, 15) is 19.5 Å². The molecule has 2 aliphatic rings. The SMILES string of the molecule is C.CCOC(CBr)OCC.Cl.Clc1nc(-c2ccccc2)nc2[nH]ccc12.N=C(N)c1ccccc1.NC1CCC(O)CC1.O=c1[nH]c(-c2ccccc2)nc2[nH]ccc12.OC1CCC(Nc2nc(-c3ccccc3)nc3[nH]ccc23)CC1.[C-]#[N+]C(CC(OCC)OCC)C(=O)OC.[C-]#[N+]CC(=O)OC. The number of hydrogen-bond donors (Lipinski definition) is 10. The zero-order valence-corrected chi connectivity index (χ0v) is 62.3. The number of amidine groups is 1. The number of ether oxygens (including phenoxy) is 6. The predicted octanol–water partition coefficient (Wildman–Crippen LogP) is 13.9. The largest absolute Gasteiger partial charge is 0.464 e. The lowest BCUT2D eigenvalue weighted by Crippen LogP contribution is -2.28. The summed E-state index contributed by atoms with van der Waals surface area (Å²) < 4.78 is 29.4. The minimum atomic E-state index is -0.849. The van der Waals surface area contributed by atoms with E-state index in [0.717, 1.165) is 113 Å². The van der Waals surface area contributed by atoms with Crippen LogP contribution >= 0.6 is 39.9 Å². The van der Waals surface area contributed by atoms with Crippen LogP contribution < -0.4 is 22.3 Å². The van der Waals surface area contributed by atoms with E-state index < -0.39 is 24.3 Å². The number of aromatic amines is 4. The van der Waals surface area contributed by atoms with Gasteiger partial charge in [-0.3, -0.25) is 10.2 Å². The molecule has 0 saturated heterocycles. The molecule has 29 heteroatoms. The van der Waals surface area contributed by atoms with Crippen LogP contribution in [0.3, 0.4) is 0 Å². The van der Waals surface area contributed by atoms with Crippen molar-refractivity contribution in [2.24, 2.45) is 11.5 Å². The summed E-state index contributed by atoms with van der Waals surface area (Å²) >= 11 is 9.35. The van der Waals surface area contributed by atoms with Gasteiger partial charge in [-0.15, -0.1) is 12.4 Å². The van der Waals surface area contributed by atoms with E-state index in [1.165, 1.54) is 14.2 Å². The number of nitrogens with zero attached hydrogens (tertiary/aromatic N) is 7. The van der Waals surface area contributed by atoms with Gasteiger partial charge in [0.05, 0.1) is 54.3 Å². The molecule has 12 rings (SSSR count). The van der Waals surface area contributed by atoms with E-state index in [1.54, 1.807) is 18.5 Å². The minimum absolute atomic E-state index is 0. The monoisotopic (exact) mass is 1550 g/mol. The molecule has 26 nitrogen and oxygen atoms in total. The molecule has 12 N–H and O–H groups in total. The first-order valence-electron chi connectivity index (χ1n) is 33.7. The number of methoxy groups -OCH3 is 2. The molecular formula is C76H98BrCl2N15O11. The number of aliphatic hydroxyl groups excluding tert-OH is 2. The molecular weight excluding hydrogens is 1450 g/mol. The van der Waals surface area contributed by atoms with Gasteiger partial charge in [-0.25, -0.2) is 47.7 Å². The van der Waals surface area contributed by atoms with Crippen molar-refractivity contribution in [1.82, 2.24) is 44.9 Å². The number of aliphatic hydroxyl groups is 2. The van der Waals surface area contributed by atoms with Crippen LogP contribution in [0.2, 0.25) is 5.15 Å². The average Bonchev–Trinajstić information content (AvgIpc) is 1.81. The van der Waals surface area contributed by atoms with E-state index in [1.807, 2.05) is 167 Å². The Morgan fingerprint density at radius 1 is 0.629 bits per heavy atom. The van der Waals surface area contributed by atoms with Gasteiger partial charge in [0.2, 0.25) is 0 Å². The summed E-state index contributed by atoms with van der Waals surface area (Å²) in [6.45, 7) is 22.8. The Bertz CT molecular complexity index is 4190. The van der Waals surface area contributed by atoms with Gasteiger partial charge in [0, 0.05) is 79.4 Å². The third kappa shape index (κ3) is 31.8. The summed E-state index contributed by atoms with van der Waals surface area (Å²) in [5.74, 6) is 1.91. The molecule has 4 aromatic carbocycles. The number of nitrogens with two attached hydrogens (primary N) is 2. The fourth-order valence-corrected chi connectivity index (χ4v) is 10.5. The molecule has 0 amide bonds. The molecule has 2 saturated carbocycles. The number of fused-ring (bicyclic) bond motifs is 3. The van der Waals surface area contributed by atoms with Crippen molar-refractivity contribution < 1.29 is 48.2 Å². The predicted molar refractivity (Wildman–Crippen MR) is 420 cm³/mol. The molecule has 564 valence electrons. The van der Waals surface area contributed by atoms with Gasteiger partial charge in [-0.1, -0.05) is 156 Å². The second-order valence-corrected chi connectivity index (χ2v) is 23.6. The Kier molecular flexibility index (Phi) is 43.4. The summed E-state index contributed by atoms with van der Waals surface area (Å²) in [5, 5.41) is 32.9. The maximum absolute atomic E-state index is 11.7. The van der Waals surface area contributed by atoms with Crippen molar-refractivity contribution in [1.29, 1.82) is 5.41 Å². The van der Waals surface area contributed by atoms with Crippen molar-refractivity contribution in [3.63, 3.8) is 0 Å². The van der Waals surface area contributed by atoms with E-state index in [4.69, 9.17) is 70.7 Å². The lowest BCUT2D eigenvalue weighted by atomic mass is 9.93. The van der Waals surface area contributed by atoms with Gasteiger partial charge in [0.15, 0.2) is 24.2 Å². The minimum Gasteiger partial charge on any atom is -0.464 e. The van der Waals surface area contributed by atoms with Crippen LogP contribution in [-0.2, 0) is 38.0 Å². The number of carbonyl (C=O) groups excluding carboxylic acids is 2. The number of aromatic nitrogens is 9. The number of alkyl halides is 1. The summed E-state index contributed by atoms with van der Waals surface area (Å²) in [4.78, 5) is 73.1. The van der Waals surface area contributed by atoms with Crippen molar-refractivity contribution in [3.8, 4) is 34.2 Å². The third-order valence-electron chi connectivity index (χ3n) is 15.2. The molecule has 1 atom stereocenters. The van der Waals surface area contributed by atoms with Gasteiger partial charge in [-0.2, -0.15) is 0 Å². The molecule has 105 heavy (non-hydrogen) atoms. The lowest BCUT2D eigenvalue weighted by molar-refractivity contribution is -0.155. The zero-order chi connectivity index (χ0) is 74.7. The van der Waals surface area contributed by atoms with Crippen molar-refractivity contribution >= 4 is 96.6 Å².